The molecule has 2 heterocycles. The van der Waals surface area contributed by atoms with Gasteiger partial charge in [0.15, 0.2) is 5.16 Å². The Morgan fingerprint density at radius 2 is 2.03 bits per heavy atom. The van der Waals surface area contributed by atoms with Gasteiger partial charge in [0.05, 0.1) is 11.3 Å². The molecule has 154 valence electrons. The molecule has 0 aliphatic carbocycles. The van der Waals surface area contributed by atoms with E-state index in [1.54, 1.807) is 16.5 Å². The average molecular weight is 413 g/mol. The van der Waals surface area contributed by atoms with Crippen LogP contribution in [0.1, 0.15) is 31.5 Å². The summed E-state index contributed by atoms with van der Waals surface area (Å²) in [7, 11) is 1.77. The van der Waals surface area contributed by atoms with E-state index in [9.17, 15) is 9.59 Å². The Labute approximate surface area is 175 Å². The fraction of sp³-hybridized carbons (Fsp3) is 0.409. The van der Waals surface area contributed by atoms with Crippen molar-refractivity contribution in [2.45, 2.75) is 45.8 Å². The molecule has 0 spiro atoms. The van der Waals surface area contributed by atoms with Crippen molar-refractivity contribution < 1.29 is 4.79 Å². The van der Waals surface area contributed by atoms with E-state index in [-0.39, 0.29) is 17.2 Å². The van der Waals surface area contributed by atoms with E-state index in [0.29, 0.717) is 28.7 Å². The Bertz CT molecular complexity index is 1080. The molecule has 0 saturated carbocycles. The van der Waals surface area contributed by atoms with Crippen molar-refractivity contribution in [2.75, 3.05) is 17.7 Å². The number of benzene rings is 1. The quantitative estimate of drug-likeness (QED) is 0.468. The SMILES string of the molecule is Cc1cccc(N(C)C(=O)CSc2nc3cc(C)[nH]c3c(=O)n2CCC(C)C)c1. The lowest BCUT2D eigenvalue weighted by atomic mass is 10.1. The van der Waals surface area contributed by atoms with Gasteiger partial charge in [0.2, 0.25) is 5.91 Å². The van der Waals surface area contributed by atoms with Crippen LogP contribution in [0.25, 0.3) is 11.0 Å². The van der Waals surface area contributed by atoms with Gasteiger partial charge in [-0.25, -0.2) is 4.98 Å². The average Bonchev–Trinajstić information content (AvgIpc) is 3.05. The number of thioether (sulfide) groups is 1. The third-order valence-corrected chi connectivity index (χ3v) is 5.82. The summed E-state index contributed by atoms with van der Waals surface area (Å²) in [5.74, 6) is 0.651. The number of nitrogens with zero attached hydrogens (tertiary/aromatic N) is 3. The van der Waals surface area contributed by atoms with Crippen molar-refractivity contribution in [3.63, 3.8) is 0 Å². The number of carbonyl (C=O) groups excluding carboxylic acids is 1. The van der Waals surface area contributed by atoms with E-state index in [2.05, 4.69) is 23.8 Å². The second kappa shape index (κ2) is 8.86. The number of rotatable bonds is 7. The van der Waals surface area contributed by atoms with Crippen molar-refractivity contribution in [2.24, 2.45) is 5.92 Å². The highest BCUT2D eigenvalue weighted by atomic mass is 32.2. The Hall–Kier alpha value is -2.54. The lowest BCUT2D eigenvalue weighted by molar-refractivity contribution is -0.115. The van der Waals surface area contributed by atoms with Gasteiger partial charge in [0, 0.05) is 25.0 Å². The van der Waals surface area contributed by atoms with Gasteiger partial charge < -0.3 is 9.88 Å². The molecule has 3 rings (SSSR count). The first kappa shape index (κ1) is 21.2. The third kappa shape index (κ3) is 4.90. The van der Waals surface area contributed by atoms with Crippen LogP contribution in [0.3, 0.4) is 0 Å². The molecule has 0 atom stereocenters. The summed E-state index contributed by atoms with van der Waals surface area (Å²) in [4.78, 5) is 35.2. The standard InChI is InChI=1S/C22H28N4O2S/c1-14(2)9-10-26-21(28)20-18(12-16(4)23-20)24-22(26)29-13-19(27)25(5)17-8-6-7-15(3)11-17/h6-8,11-12,14,23H,9-10,13H2,1-5H3. The Kier molecular flexibility index (Phi) is 6.47. The second-order valence-corrected chi connectivity index (χ2v) is 8.77. The minimum atomic E-state index is -0.0780. The van der Waals surface area contributed by atoms with Gasteiger partial charge in [-0.15, -0.1) is 0 Å². The first-order valence-corrected chi connectivity index (χ1v) is 10.8. The van der Waals surface area contributed by atoms with E-state index in [1.165, 1.54) is 11.8 Å². The molecule has 0 unspecified atom stereocenters. The zero-order chi connectivity index (χ0) is 21.1. The molecule has 1 N–H and O–H groups in total. The predicted molar refractivity (Wildman–Crippen MR) is 120 cm³/mol. The fourth-order valence-electron chi connectivity index (χ4n) is 3.11. The number of amides is 1. The summed E-state index contributed by atoms with van der Waals surface area (Å²) in [5.41, 5.74) is 3.96. The van der Waals surface area contributed by atoms with E-state index < -0.39 is 0 Å². The number of nitrogens with one attached hydrogen (secondary N) is 1. The van der Waals surface area contributed by atoms with Crippen molar-refractivity contribution in [1.29, 1.82) is 0 Å². The number of aryl methyl sites for hydroxylation is 2. The first-order valence-electron chi connectivity index (χ1n) is 9.82. The topological polar surface area (TPSA) is 71.0 Å². The zero-order valence-electron chi connectivity index (χ0n) is 17.7. The molecule has 0 radical (unpaired) electrons. The molecule has 1 aromatic carbocycles. The van der Waals surface area contributed by atoms with Crippen LogP contribution < -0.4 is 10.5 Å². The highest BCUT2D eigenvalue weighted by Crippen LogP contribution is 2.21. The number of H-pyrrole nitrogens is 1. The lowest BCUT2D eigenvalue weighted by Crippen LogP contribution is -2.29. The monoisotopic (exact) mass is 412 g/mol. The highest BCUT2D eigenvalue weighted by molar-refractivity contribution is 7.99. The minimum Gasteiger partial charge on any atom is -0.353 e. The molecule has 6 nitrogen and oxygen atoms in total. The molecule has 0 aliphatic rings. The maximum atomic E-state index is 13.0. The summed E-state index contributed by atoms with van der Waals surface area (Å²) in [6.45, 7) is 8.75. The van der Waals surface area contributed by atoms with Gasteiger partial charge in [-0.05, 0) is 49.9 Å². The molecular weight excluding hydrogens is 384 g/mol. The Balaban J connectivity index is 1.85. The lowest BCUT2D eigenvalue weighted by Gasteiger charge is -2.18. The van der Waals surface area contributed by atoms with Gasteiger partial charge in [0.1, 0.15) is 5.52 Å². The largest absolute Gasteiger partial charge is 0.353 e. The molecule has 3 aromatic rings. The summed E-state index contributed by atoms with van der Waals surface area (Å²) in [6, 6.07) is 9.71. The molecule has 7 heteroatoms. The minimum absolute atomic E-state index is 0.0318. The van der Waals surface area contributed by atoms with Crippen molar-refractivity contribution in [1.82, 2.24) is 14.5 Å². The van der Waals surface area contributed by atoms with Crippen LogP contribution >= 0.6 is 11.8 Å². The zero-order valence-corrected chi connectivity index (χ0v) is 18.5. The molecule has 1 amide bonds. The van der Waals surface area contributed by atoms with Crippen molar-refractivity contribution in [3.05, 3.63) is 51.9 Å². The van der Waals surface area contributed by atoms with Gasteiger partial charge in [-0.3, -0.25) is 14.2 Å². The van der Waals surface area contributed by atoms with E-state index >= 15 is 0 Å². The van der Waals surface area contributed by atoms with E-state index in [1.807, 2.05) is 44.2 Å². The summed E-state index contributed by atoms with van der Waals surface area (Å²) < 4.78 is 1.70. The van der Waals surface area contributed by atoms with Crippen LogP contribution in [0, 0.1) is 19.8 Å². The van der Waals surface area contributed by atoms with Gasteiger partial charge in [-0.1, -0.05) is 37.7 Å². The maximum absolute atomic E-state index is 13.0. The van der Waals surface area contributed by atoms with Gasteiger partial charge >= 0.3 is 0 Å². The van der Waals surface area contributed by atoms with Crippen LogP contribution in [0.2, 0.25) is 0 Å². The van der Waals surface area contributed by atoms with Crippen LogP contribution in [0.15, 0.2) is 40.3 Å². The first-order chi connectivity index (χ1) is 13.8. The number of aromatic nitrogens is 3. The Morgan fingerprint density at radius 1 is 1.28 bits per heavy atom. The fourth-order valence-corrected chi connectivity index (χ4v) is 4.05. The highest BCUT2D eigenvalue weighted by Gasteiger charge is 2.17. The van der Waals surface area contributed by atoms with E-state index in [0.717, 1.165) is 23.4 Å². The number of aromatic amines is 1. The second-order valence-electron chi connectivity index (χ2n) is 7.83. The summed E-state index contributed by atoms with van der Waals surface area (Å²) >= 11 is 1.32. The van der Waals surface area contributed by atoms with Crippen LogP contribution in [-0.4, -0.2) is 33.2 Å². The third-order valence-electron chi connectivity index (χ3n) is 4.86. The molecule has 0 aliphatic heterocycles. The molecule has 29 heavy (non-hydrogen) atoms. The molecule has 2 aromatic heterocycles. The number of hydrogen-bond acceptors (Lipinski definition) is 4. The summed E-state index contributed by atoms with van der Waals surface area (Å²) in [5, 5.41) is 0.591. The number of hydrogen-bond donors (Lipinski definition) is 1. The maximum Gasteiger partial charge on any atom is 0.278 e. The summed E-state index contributed by atoms with van der Waals surface area (Å²) in [6.07, 6.45) is 0.873. The van der Waals surface area contributed by atoms with Crippen LogP contribution in [-0.2, 0) is 11.3 Å². The Morgan fingerprint density at radius 3 is 2.72 bits per heavy atom. The molecular formula is C22H28N4O2S. The van der Waals surface area contributed by atoms with Gasteiger partial charge in [-0.2, -0.15) is 0 Å². The van der Waals surface area contributed by atoms with Crippen LogP contribution in [0.4, 0.5) is 5.69 Å². The predicted octanol–water partition coefficient (Wildman–Crippen LogP) is 4.14. The normalized spacial score (nSPS) is 11.4. The number of carbonyl (C=O) groups is 1. The molecule has 0 fully saturated rings. The number of fused-ring (bicyclic) bond motifs is 1. The van der Waals surface area contributed by atoms with Crippen molar-refractivity contribution >= 4 is 34.4 Å². The molecule has 0 bridgehead atoms. The molecule has 0 saturated heterocycles. The van der Waals surface area contributed by atoms with Crippen molar-refractivity contribution in [3.8, 4) is 0 Å². The number of anilines is 1. The smallest absolute Gasteiger partial charge is 0.278 e. The van der Waals surface area contributed by atoms with Crippen LogP contribution in [0.5, 0.6) is 0 Å². The van der Waals surface area contributed by atoms with E-state index in [4.69, 9.17) is 0 Å². The van der Waals surface area contributed by atoms with Gasteiger partial charge in [0.25, 0.3) is 5.56 Å².